The highest BCUT2D eigenvalue weighted by Crippen LogP contribution is 2.19. The quantitative estimate of drug-likeness (QED) is 0.631. The topological polar surface area (TPSA) is 0 Å². The van der Waals surface area contributed by atoms with Gasteiger partial charge in [-0.3, -0.25) is 0 Å². The molecule has 0 aliphatic carbocycles. The van der Waals surface area contributed by atoms with Crippen LogP contribution in [0.15, 0.2) is 42.5 Å². The van der Waals surface area contributed by atoms with Gasteiger partial charge in [0.15, 0.2) is 0 Å². The van der Waals surface area contributed by atoms with Gasteiger partial charge in [-0.2, -0.15) is 0 Å². The monoisotopic (exact) mass is 186 g/mol. The second-order valence-electron chi connectivity index (χ2n) is 3.39. The molecule has 13 heavy (non-hydrogen) atoms. The molecule has 2 rings (SSSR count). The van der Waals surface area contributed by atoms with Crippen LogP contribution in [0, 0.1) is 0 Å². The predicted molar refractivity (Wildman–Crippen MR) is 62.4 cm³/mol. The third kappa shape index (κ3) is 1.65. The molecule has 0 fully saturated rings. The van der Waals surface area contributed by atoms with Crippen LogP contribution < -0.4 is 0 Å². The molecule has 0 bridgehead atoms. The fraction of sp³-hybridized carbons (Fsp3) is 0.167. The zero-order chi connectivity index (χ0) is 9.10. The molecule has 0 aliphatic rings. The van der Waals surface area contributed by atoms with Crippen molar-refractivity contribution in [2.75, 3.05) is 0 Å². The van der Waals surface area contributed by atoms with Crippen LogP contribution in [0.25, 0.3) is 10.8 Å². The van der Waals surface area contributed by atoms with Crippen LogP contribution in [0.5, 0.6) is 0 Å². The molecule has 0 spiro atoms. The Labute approximate surface area is 82.0 Å². The summed E-state index contributed by atoms with van der Waals surface area (Å²) in [6.07, 6.45) is 1.24. The second-order valence-corrected chi connectivity index (χ2v) is 4.39. The summed E-state index contributed by atoms with van der Waals surface area (Å²) < 4.78 is 0. The fourth-order valence-corrected chi connectivity index (χ4v) is 2.32. The average molecular weight is 186 g/mol. The van der Waals surface area contributed by atoms with Gasteiger partial charge in [-0.15, -0.1) is 0 Å². The zero-order valence-electron chi connectivity index (χ0n) is 7.96. The summed E-state index contributed by atoms with van der Waals surface area (Å²) in [7, 11) is 1.30. The molecule has 0 unspecified atom stereocenters. The Morgan fingerprint density at radius 3 is 2.54 bits per heavy atom. The zero-order valence-corrected chi connectivity index (χ0v) is 9.96. The van der Waals surface area contributed by atoms with Gasteiger partial charge in [0.2, 0.25) is 0 Å². The summed E-state index contributed by atoms with van der Waals surface area (Å²) >= 11 is 0. The normalized spacial score (nSPS) is 10.8. The molecular formula is C12H14Si. The van der Waals surface area contributed by atoms with E-state index >= 15 is 0 Å². The van der Waals surface area contributed by atoms with Crippen molar-refractivity contribution >= 4 is 21.0 Å². The van der Waals surface area contributed by atoms with E-state index in [-0.39, 0.29) is 0 Å². The van der Waals surface area contributed by atoms with E-state index in [9.17, 15) is 0 Å². The molecule has 0 saturated carbocycles. The highest BCUT2D eigenvalue weighted by Gasteiger charge is 1.97. The van der Waals surface area contributed by atoms with E-state index in [0.717, 1.165) is 0 Å². The summed E-state index contributed by atoms with van der Waals surface area (Å²) in [5.74, 6) is 0. The molecule has 0 N–H and O–H groups in total. The van der Waals surface area contributed by atoms with Crippen LogP contribution in [-0.2, 0) is 6.42 Å². The van der Waals surface area contributed by atoms with Gasteiger partial charge in [-0.25, -0.2) is 0 Å². The van der Waals surface area contributed by atoms with E-state index in [4.69, 9.17) is 0 Å². The van der Waals surface area contributed by atoms with Crippen LogP contribution in [-0.4, -0.2) is 10.2 Å². The highest BCUT2D eigenvalue weighted by molar-refractivity contribution is 6.08. The van der Waals surface area contributed by atoms with Crippen molar-refractivity contribution in [2.24, 2.45) is 0 Å². The summed E-state index contributed by atoms with van der Waals surface area (Å²) in [6, 6.07) is 16.6. The SMILES string of the molecule is [SiH3]CCc1cccc2ccccc12. The van der Waals surface area contributed by atoms with Crippen molar-refractivity contribution < 1.29 is 0 Å². The average Bonchev–Trinajstić information content (AvgIpc) is 2.19. The summed E-state index contributed by atoms with van der Waals surface area (Å²) in [4.78, 5) is 0. The van der Waals surface area contributed by atoms with Crippen molar-refractivity contribution in [3.05, 3.63) is 48.0 Å². The van der Waals surface area contributed by atoms with E-state index in [1.165, 1.54) is 39.0 Å². The lowest BCUT2D eigenvalue weighted by molar-refractivity contribution is 1.15. The van der Waals surface area contributed by atoms with Gasteiger partial charge < -0.3 is 0 Å². The summed E-state index contributed by atoms with van der Waals surface area (Å²) in [6.45, 7) is 0. The minimum atomic E-state index is 1.24. The molecule has 2 aromatic carbocycles. The fourth-order valence-electron chi connectivity index (χ4n) is 1.78. The summed E-state index contributed by atoms with van der Waals surface area (Å²) in [5, 5.41) is 2.80. The Kier molecular flexibility index (Phi) is 2.46. The number of aryl methyl sites for hydroxylation is 1. The maximum atomic E-state index is 2.25. The highest BCUT2D eigenvalue weighted by atomic mass is 28.1. The molecule has 66 valence electrons. The molecule has 0 saturated heterocycles. The van der Waals surface area contributed by atoms with E-state index in [2.05, 4.69) is 42.5 Å². The van der Waals surface area contributed by atoms with E-state index in [1.54, 1.807) is 0 Å². The second kappa shape index (κ2) is 3.75. The third-order valence-corrected chi connectivity index (χ3v) is 2.90. The summed E-state index contributed by atoms with van der Waals surface area (Å²) in [5.41, 5.74) is 1.51. The first-order chi connectivity index (χ1) is 6.42. The van der Waals surface area contributed by atoms with Gasteiger partial charge in [0.05, 0.1) is 0 Å². The van der Waals surface area contributed by atoms with Gasteiger partial charge >= 0.3 is 0 Å². The first kappa shape index (κ1) is 8.51. The molecule has 2 aromatic rings. The number of hydrogen-bond donors (Lipinski definition) is 0. The molecule has 0 radical (unpaired) electrons. The van der Waals surface area contributed by atoms with Crippen LogP contribution >= 0.6 is 0 Å². The molecule has 0 amide bonds. The third-order valence-electron chi connectivity index (χ3n) is 2.40. The standard InChI is InChI=1S/C12H14Si/c13-9-8-11-6-3-5-10-4-1-2-7-12(10)11/h1-7H,8-9H2,13H3. The van der Waals surface area contributed by atoms with Gasteiger partial charge in [-0.05, 0) is 22.8 Å². The maximum absolute atomic E-state index is 2.25. The Morgan fingerprint density at radius 2 is 1.69 bits per heavy atom. The van der Waals surface area contributed by atoms with E-state index < -0.39 is 0 Å². The van der Waals surface area contributed by atoms with E-state index in [0.29, 0.717) is 0 Å². The van der Waals surface area contributed by atoms with Crippen molar-refractivity contribution in [1.82, 2.24) is 0 Å². The first-order valence-electron chi connectivity index (χ1n) is 4.88. The molecule has 0 nitrogen and oxygen atoms in total. The first-order valence-corrected chi connectivity index (χ1v) is 6.30. The molecule has 0 atom stereocenters. The molecule has 0 aromatic heterocycles. The van der Waals surface area contributed by atoms with Crippen molar-refractivity contribution in [3.8, 4) is 0 Å². The minimum absolute atomic E-state index is 1.24. The lowest BCUT2D eigenvalue weighted by Gasteiger charge is -2.03. The minimum Gasteiger partial charge on any atom is -0.0618 e. The Hall–Kier alpha value is -1.08. The Bertz CT molecular complexity index is 401. The predicted octanol–water partition coefficient (Wildman–Crippen LogP) is 2.17. The molecule has 1 heteroatoms. The Balaban J connectivity index is 2.61. The smallest absolute Gasteiger partial charge is 0.00321 e. The molecule has 0 aliphatic heterocycles. The lowest BCUT2D eigenvalue weighted by atomic mass is 10.0. The van der Waals surface area contributed by atoms with E-state index in [1.807, 2.05) is 0 Å². The number of benzene rings is 2. The number of rotatable bonds is 2. The van der Waals surface area contributed by atoms with Crippen molar-refractivity contribution in [3.63, 3.8) is 0 Å². The largest absolute Gasteiger partial charge is 0.0618 e. The lowest BCUT2D eigenvalue weighted by Crippen LogP contribution is -1.85. The Morgan fingerprint density at radius 1 is 0.923 bits per heavy atom. The number of hydrogen-bond acceptors (Lipinski definition) is 0. The van der Waals surface area contributed by atoms with Gasteiger partial charge in [-0.1, -0.05) is 48.5 Å². The maximum Gasteiger partial charge on any atom is 0.00321 e. The van der Waals surface area contributed by atoms with Gasteiger partial charge in [0, 0.05) is 10.2 Å². The van der Waals surface area contributed by atoms with Crippen molar-refractivity contribution in [1.29, 1.82) is 0 Å². The number of fused-ring (bicyclic) bond motifs is 1. The van der Waals surface area contributed by atoms with Crippen LogP contribution in [0.3, 0.4) is 0 Å². The van der Waals surface area contributed by atoms with Crippen LogP contribution in [0.4, 0.5) is 0 Å². The van der Waals surface area contributed by atoms with Gasteiger partial charge in [0.1, 0.15) is 0 Å². The molecular weight excluding hydrogens is 172 g/mol. The van der Waals surface area contributed by atoms with Crippen LogP contribution in [0.2, 0.25) is 6.04 Å². The van der Waals surface area contributed by atoms with Gasteiger partial charge in [0.25, 0.3) is 0 Å². The molecule has 0 heterocycles. The van der Waals surface area contributed by atoms with Crippen molar-refractivity contribution in [2.45, 2.75) is 12.5 Å². The van der Waals surface area contributed by atoms with Crippen LogP contribution in [0.1, 0.15) is 5.56 Å².